The van der Waals surface area contributed by atoms with Crippen molar-refractivity contribution in [3.8, 4) is 5.75 Å². The molecule has 2 fully saturated rings. The van der Waals surface area contributed by atoms with Crippen LogP contribution in [0.5, 0.6) is 5.75 Å². The third-order valence-electron chi connectivity index (χ3n) is 5.69. The molecule has 28 heavy (non-hydrogen) atoms. The molecule has 7 heteroatoms. The Bertz CT molecular complexity index is 988. The standard InChI is InChI=1S/C21H24N2O4S/c1-15-5-3-4-6-16(15)11-22-12-21(24)23(17-7-9-18(27-2)10-8-17)20-14-28(25,26)13-19(20)22/h3-10,19-20H,11-14H2,1-2H3/t19-,20+/m0/s1. The number of amides is 1. The van der Waals surface area contributed by atoms with E-state index >= 15 is 0 Å². The minimum absolute atomic E-state index is 0.000290. The first kappa shape index (κ1) is 19.0. The fraction of sp³-hybridized carbons (Fsp3) is 0.381. The number of fused-ring (bicyclic) bond motifs is 1. The minimum atomic E-state index is -3.20. The van der Waals surface area contributed by atoms with Gasteiger partial charge in [-0.15, -0.1) is 0 Å². The van der Waals surface area contributed by atoms with Crippen LogP contribution in [-0.4, -0.2) is 56.5 Å². The Balaban J connectivity index is 1.66. The molecule has 0 N–H and O–H groups in total. The van der Waals surface area contributed by atoms with Gasteiger partial charge in [0.05, 0.1) is 31.2 Å². The van der Waals surface area contributed by atoms with Crippen LogP contribution >= 0.6 is 0 Å². The van der Waals surface area contributed by atoms with Crippen molar-refractivity contribution in [2.24, 2.45) is 0 Å². The van der Waals surface area contributed by atoms with Crippen LogP contribution in [0.2, 0.25) is 0 Å². The molecule has 0 aliphatic carbocycles. The van der Waals surface area contributed by atoms with Gasteiger partial charge in [-0.2, -0.15) is 0 Å². The molecule has 1 amide bonds. The molecule has 2 aromatic carbocycles. The van der Waals surface area contributed by atoms with E-state index in [9.17, 15) is 13.2 Å². The molecule has 0 unspecified atom stereocenters. The molecule has 2 aliphatic heterocycles. The predicted molar refractivity (Wildman–Crippen MR) is 108 cm³/mol. The van der Waals surface area contributed by atoms with Crippen molar-refractivity contribution >= 4 is 21.4 Å². The van der Waals surface area contributed by atoms with E-state index in [1.807, 2.05) is 48.2 Å². The predicted octanol–water partition coefficient (Wildman–Crippen LogP) is 2.02. The summed E-state index contributed by atoms with van der Waals surface area (Å²) in [6.45, 7) is 2.82. The van der Waals surface area contributed by atoms with Crippen LogP contribution in [0.1, 0.15) is 11.1 Å². The number of hydrogen-bond donors (Lipinski definition) is 0. The molecular formula is C21H24N2O4S. The highest BCUT2D eigenvalue weighted by atomic mass is 32.2. The summed E-state index contributed by atoms with van der Waals surface area (Å²) in [5, 5.41) is 0. The van der Waals surface area contributed by atoms with Crippen molar-refractivity contribution in [1.29, 1.82) is 0 Å². The van der Waals surface area contributed by atoms with Crippen molar-refractivity contribution in [3.05, 3.63) is 59.7 Å². The van der Waals surface area contributed by atoms with Gasteiger partial charge in [0.25, 0.3) is 0 Å². The molecular weight excluding hydrogens is 376 g/mol. The summed E-state index contributed by atoms with van der Waals surface area (Å²) in [6.07, 6.45) is 0. The van der Waals surface area contributed by atoms with Gasteiger partial charge in [-0.3, -0.25) is 9.69 Å². The number of carbonyl (C=O) groups excluding carboxylic acids is 1. The Hall–Kier alpha value is -2.38. The van der Waals surface area contributed by atoms with Crippen LogP contribution in [0.15, 0.2) is 48.5 Å². The van der Waals surface area contributed by atoms with Crippen molar-refractivity contribution in [3.63, 3.8) is 0 Å². The first-order valence-corrected chi connectivity index (χ1v) is 11.2. The number of ether oxygens (including phenoxy) is 1. The number of rotatable bonds is 4. The van der Waals surface area contributed by atoms with E-state index in [0.717, 1.165) is 11.1 Å². The highest BCUT2D eigenvalue weighted by molar-refractivity contribution is 7.91. The van der Waals surface area contributed by atoms with Crippen molar-refractivity contribution < 1.29 is 17.9 Å². The maximum absolute atomic E-state index is 13.0. The molecule has 0 saturated carbocycles. The number of anilines is 1. The number of aryl methyl sites for hydroxylation is 1. The number of benzene rings is 2. The second kappa shape index (κ2) is 7.22. The molecule has 2 aromatic rings. The maximum Gasteiger partial charge on any atom is 0.241 e. The highest BCUT2D eigenvalue weighted by Crippen LogP contribution is 2.33. The lowest BCUT2D eigenvalue weighted by Gasteiger charge is -2.43. The third kappa shape index (κ3) is 3.52. The molecule has 4 rings (SSSR count). The molecule has 2 saturated heterocycles. The van der Waals surface area contributed by atoms with Crippen LogP contribution in [0.4, 0.5) is 5.69 Å². The summed E-state index contributed by atoms with van der Waals surface area (Å²) in [5.41, 5.74) is 2.98. The zero-order valence-corrected chi connectivity index (χ0v) is 16.9. The molecule has 6 nitrogen and oxygen atoms in total. The van der Waals surface area contributed by atoms with Gasteiger partial charge in [0.15, 0.2) is 9.84 Å². The fourth-order valence-corrected chi connectivity index (χ4v) is 6.20. The van der Waals surface area contributed by atoms with Gasteiger partial charge in [-0.05, 0) is 42.3 Å². The van der Waals surface area contributed by atoms with Crippen molar-refractivity contribution in [2.75, 3.05) is 30.1 Å². The van der Waals surface area contributed by atoms with E-state index in [2.05, 4.69) is 0 Å². The van der Waals surface area contributed by atoms with Crippen LogP contribution in [-0.2, 0) is 21.2 Å². The third-order valence-corrected chi connectivity index (χ3v) is 7.39. The van der Waals surface area contributed by atoms with E-state index in [4.69, 9.17) is 4.74 Å². The molecule has 2 heterocycles. The fourth-order valence-electron chi connectivity index (χ4n) is 4.22. The first-order valence-electron chi connectivity index (χ1n) is 9.33. The van der Waals surface area contributed by atoms with Crippen molar-refractivity contribution in [1.82, 2.24) is 4.90 Å². The molecule has 0 spiro atoms. The Morgan fingerprint density at radius 1 is 1.04 bits per heavy atom. The Kier molecular flexibility index (Phi) is 4.89. The summed E-state index contributed by atoms with van der Waals surface area (Å²) in [4.78, 5) is 16.7. The molecule has 2 atom stereocenters. The molecule has 148 valence electrons. The van der Waals surface area contributed by atoms with Gasteiger partial charge in [-0.1, -0.05) is 24.3 Å². The Morgan fingerprint density at radius 3 is 2.39 bits per heavy atom. The number of nitrogens with zero attached hydrogens (tertiary/aromatic N) is 2. The van der Waals surface area contributed by atoms with Crippen LogP contribution in [0.25, 0.3) is 0 Å². The zero-order chi connectivity index (χ0) is 19.9. The van der Waals surface area contributed by atoms with Gasteiger partial charge in [-0.25, -0.2) is 8.42 Å². The normalized spacial score (nSPS) is 24.2. The highest BCUT2D eigenvalue weighted by Gasteiger charge is 2.49. The Labute approximate surface area is 165 Å². The zero-order valence-electron chi connectivity index (χ0n) is 16.0. The first-order chi connectivity index (χ1) is 13.4. The van der Waals surface area contributed by atoms with E-state index in [-0.39, 0.29) is 36.0 Å². The second-order valence-electron chi connectivity index (χ2n) is 7.50. The second-order valence-corrected chi connectivity index (χ2v) is 9.66. The summed E-state index contributed by atoms with van der Waals surface area (Å²) in [6, 6.07) is 14.7. The quantitative estimate of drug-likeness (QED) is 0.786. The van der Waals surface area contributed by atoms with Crippen molar-refractivity contribution in [2.45, 2.75) is 25.6 Å². The SMILES string of the molecule is COc1ccc(N2C(=O)CN(Cc3ccccc3C)[C@H]3CS(=O)(=O)C[C@H]32)cc1. The van der Waals surface area contributed by atoms with Gasteiger partial charge < -0.3 is 9.64 Å². The maximum atomic E-state index is 13.0. The minimum Gasteiger partial charge on any atom is -0.497 e. The number of methoxy groups -OCH3 is 1. The van der Waals surface area contributed by atoms with E-state index in [1.54, 1.807) is 24.1 Å². The Morgan fingerprint density at radius 2 is 1.71 bits per heavy atom. The topological polar surface area (TPSA) is 66.9 Å². The smallest absolute Gasteiger partial charge is 0.241 e. The van der Waals surface area contributed by atoms with E-state index in [1.165, 1.54) is 0 Å². The lowest BCUT2D eigenvalue weighted by Crippen LogP contribution is -2.61. The average Bonchev–Trinajstić information content (AvgIpc) is 2.99. The summed E-state index contributed by atoms with van der Waals surface area (Å²) in [5.74, 6) is 0.713. The van der Waals surface area contributed by atoms with Crippen LogP contribution < -0.4 is 9.64 Å². The summed E-state index contributed by atoms with van der Waals surface area (Å²) < 4.78 is 30.1. The molecule has 0 radical (unpaired) electrons. The number of sulfone groups is 1. The van der Waals surface area contributed by atoms with Crippen LogP contribution in [0.3, 0.4) is 0 Å². The average molecular weight is 401 g/mol. The largest absolute Gasteiger partial charge is 0.497 e. The number of hydrogen-bond acceptors (Lipinski definition) is 5. The van der Waals surface area contributed by atoms with Gasteiger partial charge in [0.1, 0.15) is 5.75 Å². The van der Waals surface area contributed by atoms with Gasteiger partial charge >= 0.3 is 0 Å². The summed E-state index contributed by atoms with van der Waals surface area (Å²) in [7, 11) is -1.61. The van der Waals surface area contributed by atoms with E-state index < -0.39 is 9.84 Å². The number of piperazine rings is 1. The lowest BCUT2D eigenvalue weighted by atomic mass is 10.0. The van der Waals surface area contributed by atoms with E-state index in [0.29, 0.717) is 18.0 Å². The molecule has 0 bridgehead atoms. The number of carbonyl (C=O) groups is 1. The molecule has 0 aromatic heterocycles. The summed E-state index contributed by atoms with van der Waals surface area (Å²) >= 11 is 0. The van der Waals surface area contributed by atoms with Gasteiger partial charge in [0.2, 0.25) is 5.91 Å². The molecule has 2 aliphatic rings. The lowest BCUT2D eigenvalue weighted by molar-refractivity contribution is -0.123. The van der Waals surface area contributed by atoms with Gasteiger partial charge in [0, 0.05) is 18.3 Å². The monoisotopic (exact) mass is 400 g/mol. The van der Waals surface area contributed by atoms with Crippen LogP contribution in [0, 0.1) is 6.92 Å².